The summed E-state index contributed by atoms with van der Waals surface area (Å²) in [5.41, 5.74) is 0.743. The first kappa shape index (κ1) is 14.9. The van der Waals surface area contributed by atoms with Crippen molar-refractivity contribution in [1.29, 1.82) is 0 Å². The second kappa shape index (κ2) is 6.31. The van der Waals surface area contributed by atoms with E-state index in [1.54, 1.807) is 0 Å². The molecule has 5 heteroatoms. The minimum absolute atomic E-state index is 0.189. The van der Waals surface area contributed by atoms with Gasteiger partial charge in [-0.25, -0.2) is 13.2 Å². The van der Waals surface area contributed by atoms with Crippen LogP contribution in [-0.2, 0) is 6.42 Å². The lowest BCUT2D eigenvalue weighted by Crippen LogP contribution is -2.20. The fraction of sp³-hybridized carbons (Fsp3) is 0.200. The van der Waals surface area contributed by atoms with Crippen molar-refractivity contribution in [2.24, 2.45) is 0 Å². The summed E-state index contributed by atoms with van der Waals surface area (Å²) >= 11 is 3.34. The number of halogens is 4. The normalized spacial score (nSPS) is 12.2. The molecule has 0 heterocycles. The van der Waals surface area contributed by atoms with Crippen molar-refractivity contribution in [1.82, 2.24) is 0 Å². The van der Waals surface area contributed by atoms with Gasteiger partial charge in [0.15, 0.2) is 11.6 Å². The van der Waals surface area contributed by atoms with Crippen molar-refractivity contribution in [3.8, 4) is 0 Å². The van der Waals surface area contributed by atoms with E-state index in [2.05, 4.69) is 21.2 Å². The molecular weight excluding hydrogens is 331 g/mol. The van der Waals surface area contributed by atoms with Crippen LogP contribution in [0.3, 0.4) is 0 Å². The van der Waals surface area contributed by atoms with Gasteiger partial charge < -0.3 is 5.32 Å². The highest BCUT2D eigenvalue weighted by atomic mass is 79.9. The first-order chi connectivity index (χ1) is 9.45. The average molecular weight is 344 g/mol. The van der Waals surface area contributed by atoms with Crippen molar-refractivity contribution in [3.05, 3.63) is 63.9 Å². The second-order valence-corrected chi connectivity index (χ2v) is 5.54. The lowest BCUT2D eigenvalue weighted by Gasteiger charge is -2.16. The van der Waals surface area contributed by atoms with Gasteiger partial charge in [0.25, 0.3) is 0 Å². The molecule has 0 aliphatic carbocycles. The molecule has 0 fully saturated rings. The highest BCUT2D eigenvalue weighted by Crippen LogP contribution is 2.22. The van der Waals surface area contributed by atoms with Gasteiger partial charge in [-0.2, -0.15) is 0 Å². The molecule has 106 valence electrons. The summed E-state index contributed by atoms with van der Waals surface area (Å²) in [7, 11) is 0. The predicted octanol–water partition coefficient (Wildman–Crippen LogP) is 4.91. The minimum Gasteiger partial charge on any atom is -0.378 e. The Bertz CT molecular complexity index is 576. The Labute approximate surface area is 123 Å². The molecule has 0 aromatic heterocycles. The standard InChI is InChI=1S/C15H13BrF3N/c1-9(6-10-2-4-11(16)5-3-10)20-15-13(18)7-12(17)8-14(15)19/h2-5,7-9,20H,6H2,1H3. The molecule has 0 saturated heterocycles. The van der Waals surface area contributed by atoms with E-state index in [4.69, 9.17) is 0 Å². The maximum atomic E-state index is 13.5. The van der Waals surface area contributed by atoms with Crippen LogP contribution >= 0.6 is 15.9 Å². The Morgan fingerprint density at radius 3 is 2.15 bits per heavy atom. The first-order valence-electron chi connectivity index (χ1n) is 6.11. The maximum absolute atomic E-state index is 13.5. The highest BCUT2D eigenvalue weighted by molar-refractivity contribution is 9.10. The van der Waals surface area contributed by atoms with Crippen LogP contribution in [0.25, 0.3) is 0 Å². The fourth-order valence-electron chi connectivity index (χ4n) is 1.95. The highest BCUT2D eigenvalue weighted by Gasteiger charge is 2.14. The number of anilines is 1. The summed E-state index contributed by atoms with van der Waals surface area (Å²) in [5.74, 6) is -2.78. The Kier molecular flexibility index (Phi) is 4.70. The molecular formula is C15H13BrF3N. The molecule has 2 rings (SSSR count). The van der Waals surface area contributed by atoms with Crippen LogP contribution in [0, 0.1) is 17.5 Å². The van der Waals surface area contributed by atoms with Crippen molar-refractivity contribution in [2.75, 3.05) is 5.32 Å². The summed E-state index contributed by atoms with van der Waals surface area (Å²) in [4.78, 5) is 0. The zero-order valence-electron chi connectivity index (χ0n) is 10.8. The van der Waals surface area contributed by atoms with Crippen molar-refractivity contribution < 1.29 is 13.2 Å². The van der Waals surface area contributed by atoms with E-state index in [1.165, 1.54) is 0 Å². The summed E-state index contributed by atoms with van der Waals surface area (Å²) in [6.07, 6.45) is 0.601. The third-order valence-electron chi connectivity index (χ3n) is 2.85. The van der Waals surface area contributed by atoms with Crippen LogP contribution < -0.4 is 5.32 Å². The zero-order chi connectivity index (χ0) is 14.7. The molecule has 2 aromatic carbocycles. The Morgan fingerprint density at radius 2 is 1.60 bits per heavy atom. The molecule has 0 amide bonds. The fourth-order valence-corrected chi connectivity index (χ4v) is 2.22. The van der Waals surface area contributed by atoms with E-state index in [0.29, 0.717) is 18.6 Å². The Morgan fingerprint density at radius 1 is 1.05 bits per heavy atom. The summed E-state index contributed by atoms with van der Waals surface area (Å²) in [6.45, 7) is 1.81. The van der Waals surface area contributed by atoms with Gasteiger partial charge in [0, 0.05) is 22.6 Å². The van der Waals surface area contributed by atoms with Gasteiger partial charge >= 0.3 is 0 Å². The largest absolute Gasteiger partial charge is 0.378 e. The van der Waals surface area contributed by atoms with Gasteiger partial charge in [-0.15, -0.1) is 0 Å². The first-order valence-corrected chi connectivity index (χ1v) is 6.90. The van der Waals surface area contributed by atoms with E-state index in [1.807, 2.05) is 31.2 Å². The molecule has 0 saturated carbocycles. The van der Waals surface area contributed by atoms with E-state index in [0.717, 1.165) is 10.0 Å². The van der Waals surface area contributed by atoms with Gasteiger partial charge in [0.1, 0.15) is 11.5 Å². The molecule has 0 aliphatic heterocycles. The SMILES string of the molecule is CC(Cc1ccc(Br)cc1)Nc1c(F)cc(F)cc1F. The topological polar surface area (TPSA) is 12.0 Å². The smallest absolute Gasteiger partial charge is 0.152 e. The zero-order valence-corrected chi connectivity index (χ0v) is 12.3. The minimum atomic E-state index is -0.926. The lowest BCUT2D eigenvalue weighted by molar-refractivity contribution is 0.544. The Hall–Kier alpha value is -1.49. The molecule has 1 N–H and O–H groups in total. The number of benzene rings is 2. The average Bonchev–Trinajstić information content (AvgIpc) is 2.36. The monoisotopic (exact) mass is 343 g/mol. The van der Waals surface area contributed by atoms with Crippen LogP contribution in [0.2, 0.25) is 0 Å². The predicted molar refractivity (Wildman–Crippen MR) is 77.2 cm³/mol. The van der Waals surface area contributed by atoms with Crippen LogP contribution in [0.1, 0.15) is 12.5 Å². The third-order valence-corrected chi connectivity index (χ3v) is 3.38. The number of hydrogen-bond donors (Lipinski definition) is 1. The molecule has 0 aliphatic rings. The molecule has 20 heavy (non-hydrogen) atoms. The van der Waals surface area contributed by atoms with E-state index >= 15 is 0 Å². The van der Waals surface area contributed by atoms with Gasteiger partial charge in [-0.05, 0) is 31.0 Å². The van der Waals surface area contributed by atoms with Crippen LogP contribution in [-0.4, -0.2) is 6.04 Å². The maximum Gasteiger partial charge on any atom is 0.152 e. The van der Waals surface area contributed by atoms with E-state index in [9.17, 15) is 13.2 Å². The summed E-state index contributed by atoms with van der Waals surface area (Å²) in [5, 5.41) is 2.74. The quantitative estimate of drug-likeness (QED) is 0.831. The van der Waals surface area contributed by atoms with Gasteiger partial charge in [0.05, 0.1) is 0 Å². The summed E-state index contributed by atoms with van der Waals surface area (Å²) in [6, 6.07) is 8.81. The van der Waals surface area contributed by atoms with Crippen LogP contribution in [0.5, 0.6) is 0 Å². The molecule has 1 atom stereocenters. The molecule has 1 unspecified atom stereocenters. The summed E-state index contributed by atoms with van der Waals surface area (Å²) < 4.78 is 40.8. The number of rotatable bonds is 4. The van der Waals surface area contributed by atoms with Crippen LogP contribution in [0.15, 0.2) is 40.9 Å². The van der Waals surface area contributed by atoms with Crippen molar-refractivity contribution >= 4 is 21.6 Å². The molecule has 0 radical (unpaired) electrons. The van der Waals surface area contributed by atoms with Gasteiger partial charge in [0.2, 0.25) is 0 Å². The lowest BCUT2D eigenvalue weighted by atomic mass is 10.1. The van der Waals surface area contributed by atoms with Crippen molar-refractivity contribution in [3.63, 3.8) is 0 Å². The third kappa shape index (κ3) is 3.76. The van der Waals surface area contributed by atoms with E-state index in [-0.39, 0.29) is 11.7 Å². The molecule has 0 spiro atoms. The molecule has 1 nitrogen and oxygen atoms in total. The van der Waals surface area contributed by atoms with Crippen LogP contribution in [0.4, 0.5) is 18.9 Å². The van der Waals surface area contributed by atoms with Crippen molar-refractivity contribution in [2.45, 2.75) is 19.4 Å². The van der Waals surface area contributed by atoms with Gasteiger partial charge in [-0.1, -0.05) is 28.1 Å². The Balaban J connectivity index is 2.08. The second-order valence-electron chi connectivity index (χ2n) is 4.62. The molecule has 2 aromatic rings. The number of hydrogen-bond acceptors (Lipinski definition) is 1. The van der Waals surface area contributed by atoms with E-state index < -0.39 is 17.5 Å². The molecule has 0 bridgehead atoms. The van der Waals surface area contributed by atoms with Gasteiger partial charge in [-0.3, -0.25) is 0 Å². The number of nitrogens with one attached hydrogen (secondary N) is 1.